The summed E-state index contributed by atoms with van der Waals surface area (Å²) in [4.78, 5) is 12.3. The maximum absolute atomic E-state index is 13.0. The third-order valence-corrected chi connectivity index (χ3v) is 4.24. The topological polar surface area (TPSA) is 41.1 Å². The first-order valence-corrected chi connectivity index (χ1v) is 7.49. The Hall–Kier alpha value is -1.72. The Morgan fingerprint density at radius 2 is 2.00 bits per heavy atom. The fourth-order valence-electron chi connectivity index (χ4n) is 2.45. The maximum Gasteiger partial charge on any atom is 0.241 e. The molecule has 0 radical (unpaired) electrons. The SMILES string of the molecule is O=C(Nc1ccc(F)cc1Br)[C@H]1Cc2ccccc2CN1. The first-order chi connectivity index (χ1) is 10.1. The Kier molecular flexibility index (Phi) is 4.03. The molecule has 21 heavy (non-hydrogen) atoms. The van der Waals surface area contributed by atoms with Gasteiger partial charge in [0.05, 0.1) is 11.7 Å². The van der Waals surface area contributed by atoms with Crippen LogP contribution in [0.5, 0.6) is 0 Å². The number of carbonyl (C=O) groups excluding carboxylic acids is 1. The fourth-order valence-corrected chi connectivity index (χ4v) is 2.90. The second-order valence-electron chi connectivity index (χ2n) is 5.02. The molecule has 2 aromatic carbocycles. The quantitative estimate of drug-likeness (QED) is 0.874. The smallest absolute Gasteiger partial charge is 0.241 e. The van der Waals surface area contributed by atoms with E-state index in [-0.39, 0.29) is 17.8 Å². The molecule has 3 rings (SSSR count). The molecule has 2 N–H and O–H groups in total. The standard InChI is InChI=1S/C16H14BrFN2O/c17-13-8-12(18)5-6-14(13)20-16(21)15-7-10-3-1-2-4-11(10)9-19-15/h1-6,8,15,19H,7,9H2,(H,20,21)/t15-/m1/s1. The summed E-state index contributed by atoms with van der Waals surface area (Å²) in [6.07, 6.45) is 0.654. The van der Waals surface area contributed by atoms with Gasteiger partial charge in [-0.15, -0.1) is 0 Å². The van der Waals surface area contributed by atoms with Crippen LogP contribution < -0.4 is 10.6 Å². The Labute approximate surface area is 130 Å². The van der Waals surface area contributed by atoms with Crippen molar-refractivity contribution in [2.24, 2.45) is 0 Å². The number of fused-ring (bicyclic) bond motifs is 1. The summed E-state index contributed by atoms with van der Waals surface area (Å²) >= 11 is 3.25. The van der Waals surface area contributed by atoms with Gasteiger partial charge >= 0.3 is 0 Å². The van der Waals surface area contributed by atoms with Crippen LogP contribution in [-0.4, -0.2) is 11.9 Å². The van der Waals surface area contributed by atoms with Crippen LogP contribution in [0.3, 0.4) is 0 Å². The Bertz CT molecular complexity index is 690. The van der Waals surface area contributed by atoms with E-state index >= 15 is 0 Å². The Morgan fingerprint density at radius 1 is 1.24 bits per heavy atom. The highest BCUT2D eigenvalue weighted by Crippen LogP contribution is 2.24. The highest BCUT2D eigenvalue weighted by Gasteiger charge is 2.24. The van der Waals surface area contributed by atoms with Gasteiger partial charge in [-0.3, -0.25) is 4.79 Å². The predicted octanol–water partition coefficient (Wildman–Crippen LogP) is 3.24. The van der Waals surface area contributed by atoms with Crippen molar-refractivity contribution in [1.82, 2.24) is 5.32 Å². The van der Waals surface area contributed by atoms with Gasteiger partial charge in [0.25, 0.3) is 0 Å². The molecular weight excluding hydrogens is 335 g/mol. The minimum absolute atomic E-state index is 0.114. The van der Waals surface area contributed by atoms with E-state index in [0.717, 1.165) is 0 Å². The summed E-state index contributed by atoms with van der Waals surface area (Å²) in [6, 6.07) is 12.0. The normalized spacial score (nSPS) is 17.1. The lowest BCUT2D eigenvalue weighted by Crippen LogP contribution is -2.44. The number of carbonyl (C=O) groups is 1. The molecule has 3 nitrogen and oxygen atoms in total. The first-order valence-electron chi connectivity index (χ1n) is 6.69. The van der Waals surface area contributed by atoms with Gasteiger partial charge in [0, 0.05) is 11.0 Å². The number of benzene rings is 2. The van der Waals surface area contributed by atoms with Gasteiger partial charge in [0.15, 0.2) is 0 Å². The van der Waals surface area contributed by atoms with Gasteiger partial charge in [0.2, 0.25) is 5.91 Å². The molecule has 0 aliphatic carbocycles. The van der Waals surface area contributed by atoms with E-state index in [2.05, 4.69) is 32.6 Å². The lowest BCUT2D eigenvalue weighted by atomic mass is 9.95. The zero-order chi connectivity index (χ0) is 14.8. The fraction of sp³-hybridized carbons (Fsp3) is 0.188. The number of nitrogens with one attached hydrogen (secondary N) is 2. The van der Waals surface area contributed by atoms with Crippen molar-refractivity contribution in [3.63, 3.8) is 0 Å². The summed E-state index contributed by atoms with van der Waals surface area (Å²) in [7, 11) is 0. The molecule has 0 fully saturated rings. The van der Waals surface area contributed by atoms with Crippen molar-refractivity contribution in [3.05, 3.63) is 63.9 Å². The van der Waals surface area contributed by atoms with Gasteiger partial charge < -0.3 is 10.6 Å². The van der Waals surface area contributed by atoms with E-state index < -0.39 is 0 Å². The minimum atomic E-state index is -0.343. The molecule has 1 amide bonds. The van der Waals surface area contributed by atoms with Crippen LogP contribution in [0.4, 0.5) is 10.1 Å². The molecule has 108 valence electrons. The van der Waals surface area contributed by atoms with Crippen LogP contribution in [0.15, 0.2) is 46.9 Å². The maximum atomic E-state index is 13.0. The molecule has 0 saturated carbocycles. The average molecular weight is 349 g/mol. The summed E-state index contributed by atoms with van der Waals surface area (Å²) in [6.45, 7) is 0.679. The molecule has 5 heteroatoms. The number of hydrogen-bond donors (Lipinski definition) is 2. The van der Waals surface area contributed by atoms with E-state index in [0.29, 0.717) is 23.1 Å². The molecule has 0 spiro atoms. The van der Waals surface area contributed by atoms with Crippen molar-refractivity contribution in [3.8, 4) is 0 Å². The Morgan fingerprint density at radius 3 is 2.76 bits per heavy atom. The van der Waals surface area contributed by atoms with Crippen LogP contribution in [0.1, 0.15) is 11.1 Å². The molecular formula is C16H14BrFN2O. The highest BCUT2D eigenvalue weighted by molar-refractivity contribution is 9.10. The van der Waals surface area contributed by atoms with Crippen molar-refractivity contribution in [2.75, 3.05) is 5.32 Å². The number of halogens is 2. The van der Waals surface area contributed by atoms with Gasteiger partial charge in [-0.1, -0.05) is 24.3 Å². The van der Waals surface area contributed by atoms with Crippen molar-refractivity contribution < 1.29 is 9.18 Å². The van der Waals surface area contributed by atoms with E-state index in [1.165, 1.54) is 23.3 Å². The summed E-state index contributed by atoms with van der Waals surface area (Å²) in [5, 5.41) is 6.05. The summed E-state index contributed by atoms with van der Waals surface area (Å²) in [5.41, 5.74) is 2.99. The van der Waals surface area contributed by atoms with Crippen LogP contribution in [0.2, 0.25) is 0 Å². The molecule has 1 atom stereocenters. The van der Waals surface area contributed by atoms with Crippen molar-refractivity contribution >= 4 is 27.5 Å². The molecule has 1 aliphatic heterocycles. The number of rotatable bonds is 2. The molecule has 1 heterocycles. The third-order valence-electron chi connectivity index (χ3n) is 3.59. The van der Waals surface area contributed by atoms with Gasteiger partial charge in [-0.2, -0.15) is 0 Å². The number of anilines is 1. The van der Waals surface area contributed by atoms with Crippen LogP contribution in [-0.2, 0) is 17.8 Å². The zero-order valence-corrected chi connectivity index (χ0v) is 12.8. The van der Waals surface area contributed by atoms with E-state index in [1.807, 2.05) is 18.2 Å². The van der Waals surface area contributed by atoms with Gasteiger partial charge in [-0.25, -0.2) is 4.39 Å². The summed E-state index contributed by atoms with van der Waals surface area (Å²) < 4.78 is 13.6. The number of hydrogen-bond acceptors (Lipinski definition) is 2. The van der Waals surface area contributed by atoms with E-state index in [9.17, 15) is 9.18 Å². The highest BCUT2D eigenvalue weighted by atomic mass is 79.9. The largest absolute Gasteiger partial charge is 0.324 e. The second-order valence-corrected chi connectivity index (χ2v) is 5.87. The lowest BCUT2D eigenvalue weighted by Gasteiger charge is -2.25. The molecule has 0 bridgehead atoms. The van der Waals surface area contributed by atoms with Crippen LogP contribution in [0.25, 0.3) is 0 Å². The zero-order valence-electron chi connectivity index (χ0n) is 11.2. The van der Waals surface area contributed by atoms with E-state index in [1.54, 1.807) is 6.07 Å². The monoisotopic (exact) mass is 348 g/mol. The van der Waals surface area contributed by atoms with E-state index in [4.69, 9.17) is 0 Å². The first kappa shape index (κ1) is 14.2. The predicted molar refractivity (Wildman–Crippen MR) is 83.5 cm³/mol. The number of amides is 1. The van der Waals surface area contributed by atoms with Crippen LogP contribution >= 0.6 is 15.9 Å². The molecule has 0 saturated heterocycles. The molecule has 1 aliphatic rings. The van der Waals surface area contributed by atoms with Crippen LogP contribution in [0, 0.1) is 5.82 Å². The van der Waals surface area contributed by atoms with Crippen molar-refractivity contribution in [1.29, 1.82) is 0 Å². The van der Waals surface area contributed by atoms with Crippen molar-refractivity contribution in [2.45, 2.75) is 19.0 Å². The van der Waals surface area contributed by atoms with Gasteiger partial charge in [-0.05, 0) is 51.7 Å². The minimum Gasteiger partial charge on any atom is -0.324 e. The third kappa shape index (κ3) is 3.14. The molecule has 0 aromatic heterocycles. The summed E-state index contributed by atoms with van der Waals surface area (Å²) in [5.74, 6) is -0.457. The lowest BCUT2D eigenvalue weighted by molar-refractivity contribution is -0.118. The Balaban J connectivity index is 1.72. The van der Waals surface area contributed by atoms with Gasteiger partial charge in [0.1, 0.15) is 5.82 Å². The molecule has 2 aromatic rings. The molecule has 0 unspecified atom stereocenters. The second kappa shape index (κ2) is 5.95. The average Bonchev–Trinajstić information content (AvgIpc) is 2.49.